The molecule has 0 aliphatic carbocycles. The van der Waals surface area contributed by atoms with E-state index in [0.717, 1.165) is 37.7 Å². The van der Waals surface area contributed by atoms with Crippen molar-refractivity contribution >= 4 is 5.82 Å². The fraction of sp³-hybridized carbons (Fsp3) is 0.421. The van der Waals surface area contributed by atoms with Crippen LogP contribution in [0.3, 0.4) is 0 Å². The van der Waals surface area contributed by atoms with Crippen LogP contribution < -0.4 is 19.3 Å². The van der Waals surface area contributed by atoms with Gasteiger partial charge in [-0.05, 0) is 24.3 Å². The predicted molar refractivity (Wildman–Crippen MR) is 96.5 cm³/mol. The highest BCUT2D eigenvalue weighted by molar-refractivity contribution is 5.37. The van der Waals surface area contributed by atoms with Crippen molar-refractivity contribution in [2.75, 3.05) is 51.3 Å². The van der Waals surface area contributed by atoms with Gasteiger partial charge in [-0.3, -0.25) is 0 Å². The lowest BCUT2D eigenvalue weighted by Crippen LogP contribution is -3.16. The third-order valence-corrected chi connectivity index (χ3v) is 4.45. The van der Waals surface area contributed by atoms with Gasteiger partial charge < -0.3 is 24.4 Å². The molecule has 3 rings (SSSR count). The number of quaternary nitrogens is 1. The standard InChI is InChI=1S/C19H25N3O3/c1-24-17-5-4-6-18(13-17)25-15-16(23)14-21-9-11-22(12-10-21)19-7-2-3-8-20-19/h2-8,13,16,23H,9-12,14-15H2,1H3/p+1. The van der Waals surface area contributed by atoms with Crippen molar-refractivity contribution in [3.8, 4) is 11.5 Å². The molecular formula is C19H26N3O3+. The minimum atomic E-state index is -0.484. The number of hydrogen-bond donors (Lipinski definition) is 2. The minimum absolute atomic E-state index is 0.292. The smallest absolute Gasteiger partial charge is 0.137 e. The maximum Gasteiger partial charge on any atom is 0.137 e. The van der Waals surface area contributed by atoms with Gasteiger partial charge in [-0.25, -0.2) is 4.98 Å². The molecule has 1 aliphatic heterocycles. The van der Waals surface area contributed by atoms with Crippen LogP contribution in [0.5, 0.6) is 11.5 Å². The number of hydrogen-bond acceptors (Lipinski definition) is 5. The van der Waals surface area contributed by atoms with Crippen molar-refractivity contribution in [1.29, 1.82) is 0 Å². The minimum Gasteiger partial charge on any atom is -0.497 e. The van der Waals surface area contributed by atoms with Gasteiger partial charge in [0.25, 0.3) is 0 Å². The second-order valence-electron chi connectivity index (χ2n) is 6.27. The highest BCUT2D eigenvalue weighted by Gasteiger charge is 2.23. The van der Waals surface area contributed by atoms with Crippen LogP contribution in [0.15, 0.2) is 48.7 Å². The lowest BCUT2D eigenvalue weighted by Gasteiger charge is -2.33. The Balaban J connectivity index is 1.41. The van der Waals surface area contributed by atoms with Gasteiger partial charge in [0, 0.05) is 12.3 Å². The fourth-order valence-electron chi connectivity index (χ4n) is 3.07. The number of rotatable bonds is 7. The quantitative estimate of drug-likeness (QED) is 0.753. The van der Waals surface area contributed by atoms with Crippen molar-refractivity contribution in [3.63, 3.8) is 0 Å². The molecule has 134 valence electrons. The monoisotopic (exact) mass is 344 g/mol. The number of aliphatic hydroxyl groups excluding tert-OH is 1. The molecule has 0 amide bonds. The molecule has 0 saturated carbocycles. The molecule has 25 heavy (non-hydrogen) atoms. The molecular weight excluding hydrogens is 318 g/mol. The van der Waals surface area contributed by atoms with Gasteiger partial charge in [0.15, 0.2) is 0 Å². The maximum absolute atomic E-state index is 10.3. The number of ether oxygens (including phenoxy) is 2. The second-order valence-corrected chi connectivity index (χ2v) is 6.27. The molecule has 1 atom stereocenters. The van der Waals surface area contributed by atoms with Crippen molar-refractivity contribution in [1.82, 2.24) is 4.98 Å². The Kier molecular flexibility index (Phi) is 6.09. The van der Waals surface area contributed by atoms with Crippen molar-refractivity contribution in [2.24, 2.45) is 0 Å². The summed E-state index contributed by atoms with van der Waals surface area (Å²) in [5.41, 5.74) is 0. The molecule has 1 aromatic heterocycles. The molecule has 1 fully saturated rings. The van der Waals surface area contributed by atoms with E-state index in [2.05, 4.69) is 9.88 Å². The molecule has 0 radical (unpaired) electrons. The van der Waals surface area contributed by atoms with E-state index in [-0.39, 0.29) is 0 Å². The second kappa shape index (κ2) is 8.69. The molecule has 2 aromatic rings. The van der Waals surface area contributed by atoms with Crippen LogP contribution in [0.1, 0.15) is 0 Å². The molecule has 0 bridgehead atoms. The first-order chi connectivity index (χ1) is 12.2. The average molecular weight is 344 g/mol. The highest BCUT2D eigenvalue weighted by Crippen LogP contribution is 2.18. The summed E-state index contributed by atoms with van der Waals surface area (Å²) >= 11 is 0. The zero-order chi connectivity index (χ0) is 17.5. The maximum atomic E-state index is 10.3. The number of nitrogens with one attached hydrogen (secondary N) is 1. The first-order valence-corrected chi connectivity index (χ1v) is 8.69. The number of aromatic nitrogens is 1. The normalized spacial score (nSPS) is 16.5. The van der Waals surface area contributed by atoms with Crippen LogP contribution in [0.4, 0.5) is 5.82 Å². The van der Waals surface area contributed by atoms with Crippen molar-refractivity contribution < 1.29 is 19.5 Å². The lowest BCUT2D eigenvalue weighted by molar-refractivity contribution is -0.903. The summed E-state index contributed by atoms with van der Waals surface area (Å²) in [6, 6.07) is 13.4. The number of pyridine rings is 1. The van der Waals surface area contributed by atoms with E-state index in [1.807, 2.05) is 48.7 Å². The zero-order valence-corrected chi connectivity index (χ0v) is 14.6. The fourth-order valence-corrected chi connectivity index (χ4v) is 3.07. The van der Waals surface area contributed by atoms with Gasteiger partial charge in [-0.1, -0.05) is 12.1 Å². The largest absolute Gasteiger partial charge is 0.497 e. The van der Waals surface area contributed by atoms with Crippen LogP contribution >= 0.6 is 0 Å². The Bertz CT molecular complexity index is 645. The van der Waals surface area contributed by atoms with Gasteiger partial charge in [-0.2, -0.15) is 0 Å². The zero-order valence-electron chi connectivity index (χ0n) is 14.6. The van der Waals surface area contributed by atoms with Crippen LogP contribution in [0, 0.1) is 0 Å². The van der Waals surface area contributed by atoms with Gasteiger partial charge in [0.1, 0.15) is 36.6 Å². The molecule has 1 saturated heterocycles. The van der Waals surface area contributed by atoms with Crippen LogP contribution in [0.2, 0.25) is 0 Å². The van der Waals surface area contributed by atoms with E-state index in [9.17, 15) is 5.11 Å². The molecule has 2 N–H and O–H groups in total. The van der Waals surface area contributed by atoms with Gasteiger partial charge in [0.2, 0.25) is 0 Å². The van der Waals surface area contributed by atoms with Gasteiger partial charge >= 0.3 is 0 Å². The molecule has 1 aliphatic rings. The molecule has 0 spiro atoms. The number of aliphatic hydroxyl groups is 1. The Morgan fingerprint density at radius 3 is 2.68 bits per heavy atom. The van der Waals surface area contributed by atoms with E-state index in [4.69, 9.17) is 9.47 Å². The van der Waals surface area contributed by atoms with E-state index < -0.39 is 6.10 Å². The molecule has 6 heteroatoms. The summed E-state index contributed by atoms with van der Waals surface area (Å²) in [6.07, 6.45) is 1.34. The first-order valence-electron chi connectivity index (χ1n) is 8.69. The number of benzene rings is 1. The molecule has 1 aromatic carbocycles. The summed E-state index contributed by atoms with van der Waals surface area (Å²) in [7, 11) is 1.63. The summed E-state index contributed by atoms with van der Waals surface area (Å²) < 4.78 is 10.9. The molecule has 1 unspecified atom stereocenters. The third-order valence-electron chi connectivity index (χ3n) is 4.45. The number of piperazine rings is 1. The van der Waals surface area contributed by atoms with Crippen LogP contribution in [0.25, 0.3) is 0 Å². The Labute approximate surface area is 148 Å². The third kappa shape index (κ3) is 5.08. The summed E-state index contributed by atoms with van der Waals surface area (Å²) in [4.78, 5) is 8.09. The Morgan fingerprint density at radius 2 is 1.96 bits per heavy atom. The predicted octanol–water partition coefficient (Wildman–Crippen LogP) is 0.235. The number of methoxy groups -OCH3 is 1. The lowest BCUT2D eigenvalue weighted by atomic mass is 10.2. The number of anilines is 1. The van der Waals surface area contributed by atoms with Crippen molar-refractivity contribution in [3.05, 3.63) is 48.7 Å². The molecule has 2 heterocycles. The van der Waals surface area contributed by atoms with E-state index in [1.54, 1.807) is 7.11 Å². The summed E-state index contributed by atoms with van der Waals surface area (Å²) in [6.45, 7) is 4.88. The van der Waals surface area contributed by atoms with Crippen molar-refractivity contribution in [2.45, 2.75) is 6.10 Å². The number of nitrogens with zero attached hydrogens (tertiary/aromatic N) is 2. The van der Waals surface area contributed by atoms with Gasteiger partial charge in [-0.15, -0.1) is 0 Å². The van der Waals surface area contributed by atoms with Gasteiger partial charge in [0.05, 0.1) is 33.3 Å². The van der Waals surface area contributed by atoms with Crippen LogP contribution in [-0.2, 0) is 0 Å². The average Bonchev–Trinajstić information content (AvgIpc) is 2.68. The Hall–Kier alpha value is -2.31. The SMILES string of the molecule is COc1cccc(OCC(O)C[NH+]2CCN(c3ccccn3)CC2)c1. The van der Waals surface area contributed by atoms with E-state index in [1.165, 1.54) is 4.90 Å². The Morgan fingerprint density at radius 1 is 1.16 bits per heavy atom. The van der Waals surface area contributed by atoms with E-state index in [0.29, 0.717) is 18.9 Å². The van der Waals surface area contributed by atoms with Crippen LogP contribution in [-0.4, -0.2) is 62.6 Å². The first kappa shape index (κ1) is 17.5. The highest BCUT2D eigenvalue weighted by atomic mass is 16.5. The summed E-state index contributed by atoms with van der Waals surface area (Å²) in [5, 5.41) is 10.3. The summed E-state index contributed by atoms with van der Waals surface area (Å²) in [5.74, 6) is 2.50. The van der Waals surface area contributed by atoms with E-state index >= 15 is 0 Å². The molecule has 6 nitrogen and oxygen atoms in total. The topological polar surface area (TPSA) is 59.3 Å².